The molecule has 0 saturated carbocycles. The number of carboxylic acids is 1. The Balaban J connectivity index is 3.38. The van der Waals surface area contributed by atoms with Crippen molar-refractivity contribution in [2.24, 2.45) is 0 Å². The Labute approximate surface area is 181 Å². The van der Waals surface area contributed by atoms with Crippen LogP contribution >= 0.6 is 0 Å². The number of carbonyl (C=O) groups is 1. The van der Waals surface area contributed by atoms with Crippen LogP contribution in [0.2, 0.25) is 0 Å². The van der Waals surface area contributed by atoms with E-state index in [9.17, 15) is 9.90 Å². The summed E-state index contributed by atoms with van der Waals surface area (Å²) in [5.74, 6) is -0.733. The van der Waals surface area contributed by atoms with Crippen molar-refractivity contribution in [2.75, 3.05) is 27.2 Å². The minimum Gasteiger partial charge on any atom is -0.481 e. The molecule has 0 rings (SSSR count). The molecule has 1 atom stereocenters. The van der Waals surface area contributed by atoms with E-state index in [0.717, 1.165) is 25.9 Å². The Morgan fingerprint density at radius 1 is 0.724 bits per heavy atom. The zero-order chi connectivity index (χ0) is 21.8. The molecule has 0 aliphatic rings. The lowest BCUT2D eigenvalue weighted by atomic mass is 10.0. The zero-order valence-electron chi connectivity index (χ0n) is 20.0. The molecule has 4 heteroatoms. The number of rotatable bonds is 22. The number of carboxylic acid groups (broad SMARTS) is 1. The van der Waals surface area contributed by atoms with Crippen LogP contribution in [0.15, 0.2) is 0 Å². The molecule has 1 unspecified atom stereocenters. The molecule has 0 aliphatic carbocycles. The second-order valence-corrected chi connectivity index (χ2v) is 9.73. The Morgan fingerprint density at radius 2 is 1.14 bits per heavy atom. The van der Waals surface area contributed by atoms with Crippen LogP contribution in [0.1, 0.15) is 122 Å². The summed E-state index contributed by atoms with van der Waals surface area (Å²) >= 11 is 0. The third-order valence-electron chi connectivity index (χ3n) is 6.00. The number of nitrogens with zero attached hydrogens (tertiary/aromatic N) is 1. The van der Waals surface area contributed by atoms with Crippen LogP contribution in [-0.2, 0) is 4.79 Å². The first-order valence-electron chi connectivity index (χ1n) is 12.6. The van der Waals surface area contributed by atoms with E-state index in [0.29, 0.717) is 10.9 Å². The fraction of sp³-hybridized carbons (Fsp3) is 0.960. The van der Waals surface area contributed by atoms with Crippen LogP contribution in [-0.4, -0.2) is 54.0 Å². The van der Waals surface area contributed by atoms with Crippen molar-refractivity contribution in [1.82, 2.24) is 0 Å². The largest absolute Gasteiger partial charge is 0.481 e. The number of aliphatic carboxylic acids is 1. The van der Waals surface area contributed by atoms with Crippen LogP contribution in [0.5, 0.6) is 0 Å². The van der Waals surface area contributed by atoms with Gasteiger partial charge in [0.2, 0.25) is 0 Å². The average molecular weight is 415 g/mol. The van der Waals surface area contributed by atoms with Crippen molar-refractivity contribution in [3.05, 3.63) is 0 Å². The predicted molar refractivity (Wildman–Crippen MR) is 124 cm³/mol. The van der Waals surface area contributed by atoms with Gasteiger partial charge in [0.25, 0.3) is 0 Å². The summed E-state index contributed by atoms with van der Waals surface area (Å²) in [6.45, 7) is 3.81. The van der Waals surface area contributed by atoms with Crippen LogP contribution in [0.25, 0.3) is 0 Å². The van der Waals surface area contributed by atoms with Gasteiger partial charge < -0.3 is 14.7 Å². The fourth-order valence-electron chi connectivity index (χ4n) is 4.16. The van der Waals surface area contributed by atoms with Crippen molar-refractivity contribution in [2.45, 2.75) is 129 Å². The Kier molecular flexibility index (Phi) is 19.0. The van der Waals surface area contributed by atoms with Crippen molar-refractivity contribution < 1.29 is 19.5 Å². The van der Waals surface area contributed by atoms with Gasteiger partial charge in [0.05, 0.1) is 27.1 Å². The van der Waals surface area contributed by atoms with Crippen molar-refractivity contribution in [3.63, 3.8) is 0 Å². The third-order valence-corrected chi connectivity index (χ3v) is 6.00. The van der Waals surface area contributed by atoms with Gasteiger partial charge >= 0.3 is 5.97 Å². The summed E-state index contributed by atoms with van der Waals surface area (Å²) in [6, 6.07) is 0. The Bertz CT molecular complexity index is 371. The summed E-state index contributed by atoms with van der Waals surface area (Å²) in [7, 11) is 4.16. The Morgan fingerprint density at radius 3 is 1.55 bits per heavy atom. The van der Waals surface area contributed by atoms with E-state index in [2.05, 4.69) is 21.0 Å². The van der Waals surface area contributed by atoms with Gasteiger partial charge in [0, 0.05) is 6.42 Å². The summed E-state index contributed by atoms with van der Waals surface area (Å²) in [5, 5.41) is 19.0. The number of likely N-dealkylation sites (N-methyl/N-ethyl adjacent to an activating group) is 1. The lowest BCUT2D eigenvalue weighted by Crippen LogP contribution is -2.46. The van der Waals surface area contributed by atoms with E-state index in [1.54, 1.807) is 0 Å². The monoisotopic (exact) mass is 414 g/mol. The van der Waals surface area contributed by atoms with E-state index in [4.69, 9.17) is 5.11 Å². The number of hydrogen-bond acceptors (Lipinski definition) is 2. The molecule has 0 aromatic carbocycles. The molecule has 174 valence electrons. The minimum atomic E-state index is -0.733. The Hall–Kier alpha value is -0.610. The summed E-state index contributed by atoms with van der Waals surface area (Å²) in [4.78, 5) is 10.6. The molecule has 0 bridgehead atoms. The molecule has 0 fully saturated rings. The van der Waals surface area contributed by atoms with Crippen LogP contribution < -0.4 is 0 Å². The lowest BCUT2D eigenvalue weighted by molar-refractivity contribution is -0.893. The molecular weight excluding hydrogens is 362 g/mol. The highest BCUT2D eigenvalue weighted by atomic mass is 16.4. The molecule has 0 aromatic heterocycles. The summed E-state index contributed by atoms with van der Waals surface area (Å²) in [5.41, 5.74) is 0. The molecule has 0 heterocycles. The van der Waals surface area contributed by atoms with Gasteiger partial charge in [0.1, 0.15) is 12.6 Å². The maximum absolute atomic E-state index is 10.6. The van der Waals surface area contributed by atoms with Crippen molar-refractivity contribution in [1.29, 1.82) is 0 Å². The molecule has 0 aromatic rings. The zero-order valence-corrected chi connectivity index (χ0v) is 20.0. The number of unbranched alkanes of at least 4 members (excludes halogenated alkanes) is 14. The third kappa shape index (κ3) is 21.9. The molecule has 0 amide bonds. The molecule has 29 heavy (non-hydrogen) atoms. The van der Waals surface area contributed by atoms with Gasteiger partial charge in [-0.05, 0) is 6.42 Å². The number of hydrogen-bond donors (Lipinski definition) is 2. The van der Waals surface area contributed by atoms with Crippen LogP contribution in [0.3, 0.4) is 0 Å². The first-order chi connectivity index (χ1) is 13.9. The van der Waals surface area contributed by atoms with Crippen LogP contribution in [0, 0.1) is 0 Å². The molecule has 0 radical (unpaired) electrons. The van der Waals surface area contributed by atoms with E-state index < -0.39 is 5.97 Å². The van der Waals surface area contributed by atoms with Gasteiger partial charge in [-0.1, -0.05) is 103 Å². The van der Waals surface area contributed by atoms with Crippen molar-refractivity contribution in [3.8, 4) is 0 Å². The van der Waals surface area contributed by atoms with Crippen molar-refractivity contribution >= 4 is 5.97 Å². The lowest BCUT2D eigenvalue weighted by Gasteiger charge is -2.31. The SMILES string of the molecule is CCCCCCCCCCCCCCCCCC(O)C[N+](C)(C)CCCC(=O)O. The van der Waals surface area contributed by atoms with Gasteiger partial charge in [-0.2, -0.15) is 0 Å². The quantitative estimate of drug-likeness (QED) is 0.156. The highest BCUT2D eigenvalue weighted by Gasteiger charge is 2.20. The number of quaternary nitrogens is 1. The van der Waals surface area contributed by atoms with Crippen LogP contribution in [0.4, 0.5) is 0 Å². The molecule has 0 spiro atoms. The highest BCUT2D eigenvalue weighted by molar-refractivity contribution is 5.66. The second kappa shape index (κ2) is 19.4. The summed E-state index contributed by atoms with van der Waals surface area (Å²) in [6.07, 6.45) is 21.9. The molecule has 4 nitrogen and oxygen atoms in total. The van der Waals surface area contributed by atoms with E-state index in [-0.39, 0.29) is 12.5 Å². The van der Waals surface area contributed by atoms with E-state index >= 15 is 0 Å². The normalized spacial score (nSPS) is 13.0. The standard InChI is InChI=1S/C25H51NO3/c1-4-5-6-7-8-9-10-11-12-13-14-15-16-17-18-20-24(27)23-26(2,3)22-19-21-25(28)29/h24,27H,4-23H2,1-3H3/p+1. The van der Waals surface area contributed by atoms with Gasteiger partial charge in [0.15, 0.2) is 0 Å². The van der Waals surface area contributed by atoms with Gasteiger partial charge in [-0.15, -0.1) is 0 Å². The molecular formula is C25H52NO3+. The van der Waals surface area contributed by atoms with E-state index in [1.807, 2.05) is 0 Å². The first kappa shape index (κ1) is 28.4. The molecule has 0 saturated heterocycles. The second-order valence-electron chi connectivity index (χ2n) is 9.73. The van der Waals surface area contributed by atoms with Gasteiger partial charge in [-0.25, -0.2) is 0 Å². The predicted octanol–water partition coefficient (Wildman–Crippen LogP) is 6.55. The maximum atomic E-state index is 10.6. The minimum absolute atomic E-state index is 0.219. The van der Waals surface area contributed by atoms with Gasteiger partial charge in [-0.3, -0.25) is 4.79 Å². The topological polar surface area (TPSA) is 57.5 Å². The smallest absolute Gasteiger partial charge is 0.303 e. The number of aliphatic hydroxyl groups excluding tert-OH is 1. The fourth-order valence-corrected chi connectivity index (χ4v) is 4.16. The van der Waals surface area contributed by atoms with E-state index in [1.165, 1.54) is 89.9 Å². The number of aliphatic hydroxyl groups is 1. The summed E-state index contributed by atoms with van der Waals surface area (Å²) < 4.78 is 0.702. The maximum Gasteiger partial charge on any atom is 0.303 e. The first-order valence-corrected chi connectivity index (χ1v) is 12.6. The molecule has 0 aliphatic heterocycles. The molecule has 2 N–H and O–H groups in total. The highest BCUT2D eigenvalue weighted by Crippen LogP contribution is 2.15. The average Bonchev–Trinajstić information content (AvgIpc) is 2.64.